The second-order valence-electron chi connectivity index (χ2n) is 5.52. The van der Waals surface area contributed by atoms with E-state index in [9.17, 15) is 38.0 Å². The van der Waals surface area contributed by atoms with Gasteiger partial charge in [0, 0.05) is 0 Å². The van der Waals surface area contributed by atoms with Crippen molar-refractivity contribution in [3.05, 3.63) is 27.1 Å². The first kappa shape index (κ1) is 23.4. The van der Waals surface area contributed by atoms with Crippen LogP contribution in [0.2, 0.25) is 0 Å². The Morgan fingerprint density at radius 3 is 2.39 bits per heavy atom. The van der Waals surface area contributed by atoms with Crippen molar-refractivity contribution in [2.75, 3.05) is 6.56 Å². The van der Waals surface area contributed by atoms with Crippen LogP contribution in [0.15, 0.2) is 11.0 Å². The van der Waals surface area contributed by atoms with E-state index >= 15 is 4.39 Å². The van der Waals surface area contributed by atoms with Crippen molar-refractivity contribution >= 4 is 35.7 Å². The van der Waals surface area contributed by atoms with Crippen LogP contribution in [-0.4, -0.2) is 64.0 Å². The van der Waals surface area contributed by atoms with Gasteiger partial charge in [-0.1, -0.05) is 12.2 Å². The molecule has 1 aliphatic heterocycles. The average molecular weight is 538 g/mol. The van der Waals surface area contributed by atoms with Crippen molar-refractivity contribution in [1.82, 2.24) is 9.55 Å². The molecule has 7 N–H and O–H groups in total. The number of aromatic amines is 1. The topological polar surface area (TPSA) is 247 Å². The second kappa shape index (κ2) is 8.89. The SMILES string of the molecule is [2H]C([2H])(OP(=O)(O)OP(=O)(O)OP(=O)(O)O)[C@@]1(F)O[C@@H](n2cc(F)c(=S)[nH]c2=O)[C@H](O)[C@@H]1O. The molecule has 0 saturated carbocycles. The van der Waals surface area contributed by atoms with E-state index < -0.39 is 70.5 Å². The Labute approximate surface area is 176 Å². The van der Waals surface area contributed by atoms with Gasteiger partial charge in [0.05, 0.1) is 8.94 Å². The lowest BCUT2D eigenvalue weighted by Gasteiger charge is -2.24. The van der Waals surface area contributed by atoms with Crippen LogP contribution in [0.25, 0.3) is 0 Å². The van der Waals surface area contributed by atoms with E-state index in [-0.39, 0.29) is 4.57 Å². The molecule has 2 unspecified atom stereocenters. The molecule has 16 nitrogen and oxygen atoms in total. The van der Waals surface area contributed by atoms with Crippen LogP contribution < -0.4 is 5.69 Å². The maximum atomic E-state index is 15.3. The van der Waals surface area contributed by atoms with Gasteiger partial charge in [0.15, 0.2) is 12.0 Å². The van der Waals surface area contributed by atoms with Gasteiger partial charge in [-0.2, -0.15) is 8.62 Å². The molecule has 1 fully saturated rings. The van der Waals surface area contributed by atoms with Crippen LogP contribution in [0.3, 0.4) is 0 Å². The summed E-state index contributed by atoms with van der Waals surface area (Å²) < 4.78 is 91.9. The molecule has 0 bridgehead atoms. The molecule has 0 aromatic carbocycles. The van der Waals surface area contributed by atoms with Gasteiger partial charge in [0.1, 0.15) is 23.4 Å². The van der Waals surface area contributed by atoms with Gasteiger partial charge >= 0.3 is 29.2 Å². The maximum absolute atomic E-state index is 15.3. The number of nitrogens with one attached hydrogen (secondary N) is 1. The fraction of sp³-hybridized carbons (Fsp3) is 0.556. The molecular weight excluding hydrogens is 523 g/mol. The van der Waals surface area contributed by atoms with Crippen molar-refractivity contribution in [2.45, 2.75) is 24.3 Å². The summed E-state index contributed by atoms with van der Waals surface area (Å²) in [5.74, 6) is -5.63. The van der Waals surface area contributed by atoms with Crippen LogP contribution in [0.1, 0.15) is 8.97 Å². The Morgan fingerprint density at radius 1 is 1.26 bits per heavy atom. The molecule has 0 spiro atoms. The predicted octanol–water partition coefficient (Wildman–Crippen LogP) is -0.695. The molecule has 2 heterocycles. The number of rotatable bonds is 8. The summed E-state index contributed by atoms with van der Waals surface area (Å²) >= 11 is 4.44. The van der Waals surface area contributed by atoms with Gasteiger partial charge in [-0.05, 0) is 0 Å². The van der Waals surface area contributed by atoms with Crippen LogP contribution in [0.4, 0.5) is 8.78 Å². The Balaban J connectivity index is 2.36. The van der Waals surface area contributed by atoms with Gasteiger partial charge < -0.3 is 34.5 Å². The molecule has 1 aromatic heterocycles. The number of H-pyrrole nitrogens is 1. The summed E-state index contributed by atoms with van der Waals surface area (Å²) in [6.07, 6.45) is -7.64. The van der Waals surface area contributed by atoms with Crippen molar-refractivity contribution < 1.29 is 72.9 Å². The number of aromatic nitrogens is 2. The largest absolute Gasteiger partial charge is 0.490 e. The number of nitrogens with zero attached hydrogens (tertiary/aromatic N) is 1. The van der Waals surface area contributed by atoms with Crippen molar-refractivity contribution in [2.24, 2.45) is 0 Å². The first-order chi connectivity index (χ1) is 14.6. The van der Waals surface area contributed by atoms with Gasteiger partial charge in [0.2, 0.25) is 0 Å². The molecule has 1 aromatic rings. The summed E-state index contributed by atoms with van der Waals surface area (Å²) in [5, 5.41) is 19.9. The van der Waals surface area contributed by atoms with Crippen molar-refractivity contribution in [3.8, 4) is 0 Å². The zero-order valence-electron chi connectivity index (χ0n) is 16.2. The maximum Gasteiger partial charge on any atom is 0.490 e. The highest BCUT2D eigenvalue weighted by Gasteiger charge is 2.57. The number of halogens is 2. The van der Waals surface area contributed by atoms with E-state index in [1.54, 1.807) is 4.98 Å². The Bertz CT molecular complexity index is 1190. The summed E-state index contributed by atoms with van der Waals surface area (Å²) in [6, 6.07) is 0. The smallest absolute Gasteiger partial charge is 0.385 e. The Kier molecular flexibility index (Phi) is 6.71. The molecule has 0 amide bonds. The molecule has 1 saturated heterocycles. The number of aliphatic hydroxyl groups excluding tert-OH is 2. The van der Waals surface area contributed by atoms with Crippen LogP contribution in [0, 0.1) is 10.5 Å². The van der Waals surface area contributed by atoms with Crippen LogP contribution >= 0.6 is 35.7 Å². The minimum absolute atomic E-state index is 0.112. The number of alkyl halides is 1. The predicted molar refractivity (Wildman–Crippen MR) is 91.6 cm³/mol. The molecule has 2 rings (SSSR count). The zero-order chi connectivity index (χ0) is 25.8. The lowest BCUT2D eigenvalue weighted by molar-refractivity contribution is -0.205. The highest BCUT2D eigenvalue weighted by Crippen LogP contribution is 2.66. The lowest BCUT2D eigenvalue weighted by Crippen LogP contribution is -2.43. The normalized spacial score (nSPS) is 32.1. The van der Waals surface area contributed by atoms with E-state index in [2.05, 4.69) is 30.1 Å². The standard InChI is InChI=1S/C9H13F2N2O14P3S/c10-3-1-13(8(16)12-6(3)31)7-4(14)5(15)9(11,25-7)2-24-29(20,21)27-30(22,23)26-28(17,18)19/h1,4-5,7,14-15H,2H2,(H,20,21)(H,22,23)(H,12,16,31)(H2,17,18,19)/t4-,5+,7-,9-/m1/s1/i2D2. The Hall–Kier alpha value is -0.750. The third-order valence-corrected chi connectivity index (χ3v) is 7.15. The van der Waals surface area contributed by atoms with E-state index in [4.69, 9.17) is 17.4 Å². The third kappa shape index (κ3) is 6.63. The van der Waals surface area contributed by atoms with Crippen LogP contribution in [-0.2, 0) is 31.6 Å². The summed E-state index contributed by atoms with van der Waals surface area (Å²) in [5.41, 5.74) is -1.32. The first-order valence-electron chi connectivity index (χ1n) is 8.19. The van der Waals surface area contributed by atoms with E-state index in [0.717, 1.165) is 0 Å². The number of phosphoric acid groups is 3. The summed E-state index contributed by atoms with van der Waals surface area (Å²) in [6.45, 7) is -4.36. The highest BCUT2D eigenvalue weighted by atomic mass is 32.1. The van der Waals surface area contributed by atoms with Crippen LogP contribution in [0.5, 0.6) is 0 Å². The number of hydrogen-bond acceptors (Lipinski definition) is 11. The summed E-state index contributed by atoms with van der Waals surface area (Å²) in [4.78, 5) is 49.0. The molecular formula is C9H13F2N2O14P3S. The minimum Gasteiger partial charge on any atom is -0.385 e. The molecule has 6 atom stereocenters. The van der Waals surface area contributed by atoms with Gasteiger partial charge in [0.25, 0.3) is 5.85 Å². The van der Waals surface area contributed by atoms with Crippen molar-refractivity contribution in [3.63, 3.8) is 0 Å². The molecule has 0 aliphatic carbocycles. The van der Waals surface area contributed by atoms with Gasteiger partial charge in [-0.15, -0.1) is 0 Å². The molecule has 178 valence electrons. The third-order valence-electron chi connectivity index (χ3n) is 3.20. The zero-order valence-corrected chi connectivity index (χ0v) is 17.7. The summed E-state index contributed by atoms with van der Waals surface area (Å²) in [7, 11) is -18.2. The number of aliphatic hydroxyl groups is 2. The fourth-order valence-electron chi connectivity index (χ4n) is 2.06. The monoisotopic (exact) mass is 538 g/mol. The molecule has 31 heavy (non-hydrogen) atoms. The molecule has 1 aliphatic rings. The second-order valence-corrected chi connectivity index (χ2v) is 10.3. The number of hydrogen-bond donors (Lipinski definition) is 7. The van der Waals surface area contributed by atoms with Gasteiger partial charge in [-0.3, -0.25) is 14.1 Å². The highest BCUT2D eigenvalue weighted by molar-refractivity contribution is 7.71. The molecule has 0 radical (unpaired) electrons. The number of phosphoric ester groups is 1. The first-order valence-corrected chi connectivity index (χ1v) is 12.1. The number of ether oxygens (including phenoxy) is 1. The van der Waals surface area contributed by atoms with E-state index in [1.165, 1.54) is 0 Å². The average Bonchev–Trinajstić information content (AvgIpc) is 2.79. The van der Waals surface area contributed by atoms with Crippen molar-refractivity contribution in [1.29, 1.82) is 0 Å². The van der Waals surface area contributed by atoms with E-state index in [1.807, 2.05) is 0 Å². The minimum atomic E-state index is -6.30. The quantitative estimate of drug-likeness (QED) is 0.160. The lowest BCUT2D eigenvalue weighted by atomic mass is 10.1. The fourth-order valence-corrected chi connectivity index (χ4v) is 5.08. The van der Waals surface area contributed by atoms with E-state index in [0.29, 0.717) is 6.20 Å². The Morgan fingerprint density at radius 2 is 1.84 bits per heavy atom. The molecule has 22 heteroatoms. The van der Waals surface area contributed by atoms with Gasteiger partial charge in [-0.25, -0.2) is 27.3 Å².